The molecule has 0 atom stereocenters. The van der Waals surface area contributed by atoms with Crippen molar-refractivity contribution in [3.8, 4) is 0 Å². The van der Waals surface area contributed by atoms with E-state index in [2.05, 4.69) is 39.1 Å². The normalized spacial score (nSPS) is 10.8. The lowest BCUT2D eigenvalue weighted by atomic mass is 10.1. The lowest BCUT2D eigenvalue weighted by Crippen LogP contribution is -2.22. The van der Waals surface area contributed by atoms with Crippen molar-refractivity contribution in [3.05, 3.63) is 47.3 Å². The fraction of sp³-hybridized carbons (Fsp3) is 0.200. The van der Waals surface area contributed by atoms with E-state index in [1.807, 2.05) is 24.6 Å². The van der Waals surface area contributed by atoms with Gasteiger partial charge in [0, 0.05) is 13.6 Å². The van der Waals surface area contributed by atoms with Crippen molar-refractivity contribution in [3.63, 3.8) is 0 Å². The Bertz CT molecular complexity index is 708. The third-order valence-corrected chi connectivity index (χ3v) is 4.07. The number of nitrogens with two attached hydrogens (primary N) is 1. The van der Waals surface area contributed by atoms with Gasteiger partial charge >= 0.3 is 0 Å². The first-order valence-corrected chi connectivity index (χ1v) is 7.38. The zero-order valence-electron chi connectivity index (χ0n) is 11.3. The smallest absolute Gasteiger partial charge is 0.223 e. The molecule has 0 aliphatic carbocycles. The number of nitrogens with zero attached hydrogens (tertiary/aromatic N) is 3. The highest BCUT2D eigenvalue weighted by molar-refractivity contribution is 7.16. The summed E-state index contributed by atoms with van der Waals surface area (Å²) >= 11 is 1.59. The summed E-state index contributed by atoms with van der Waals surface area (Å²) in [6.45, 7) is 0.894. The lowest BCUT2D eigenvalue weighted by Gasteiger charge is -2.19. The summed E-state index contributed by atoms with van der Waals surface area (Å²) in [6.07, 6.45) is 0.979. The molecule has 20 heavy (non-hydrogen) atoms. The van der Waals surface area contributed by atoms with Crippen molar-refractivity contribution in [2.75, 3.05) is 24.2 Å². The van der Waals surface area contributed by atoms with Gasteiger partial charge in [-0.1, -0.05) is 30.3 Å². The zero-order chi connectivity index (χ0) is 13.9. The highest BCUT2D eigenvalue weighted by Crippen LogP contribution is 2.27. The third kappa shape index (κ3) is 2.58. The van der Waals surface area contributed by atoms with E-state index in [-0.39, 0.29) is 0 Å². The fourth-order valence-electron chi connectivity index (χ4n) is 2.19. The van der Waals surface area contributed by atoms with Crippen LogP contribution in [0.1, 0.15) is 5.56 Å². The van der Waals surface area contributed by atoms with Crippen molar-refractivity contribution in [2.45, 2.75) is 6.42 Å². The van der Waals surface area contributed by atoms with Gasteiger partial charge in [-0.15, -0.1) is 11.3 Å². The van der Waals surface area contributed by atoms with Crippen LogP contribution in [0.3, 0.4) is 0 Å². The molecule has 1 aromatic carbocycles. The summed E-state index contributed by atoms with van der Waals surface area (Å²) in [6, 6.07) is 12.5. The molecule has 2 N–H and O–H groups in total. The average Bonchev–Trinajstić information content (AvgIpc) is 2.93. The van der Waals surface area contributed by atoms with Gasteiger partial charge in [-0.05, 0) is 23.4 Å². The van der Waals surface area contributed by atoms with E-state index in [0.717, 1.165) is 29.0 Å². The number of fused-ring (bicyclic) bond motifs is 1. The largest absolute Gasteiger partial charge is 0.368 e. The van der Waals surface area contributed by atoms with Crippen molar-refractivity contribution < 1.29 is 0 Å². The Labute approximate surface area is 121 Å². The molecule has 3 rings (SSSR count). The summed E-state index contributed by atoms with van der Waals surface area (Å²) in [5.74, 6) is 1.24. The average molecular weight is 284 g/mol. The number of hydrogen-bond acceptors (Lipinski definition) is 5. The summed E-state index contributed by atoms with van der Waals surface area (Å²) in [5, 5.41) is 3.09. The number of aromatic nitrogens is 2. The number of rotatable bonds is 4. The molecule has 0 unspecified atom stereocenters. The van der Waals surface area contributed by atoms with Crippen LogP contribution in [0.4, 0.5) is 11.8 Å². The van der Waals surface area contributed by atoms with Crippen LogP contribution in [0, 0.1) is 0 Å². The summed E-state index contributed by atoms with van der Waals surface area (Å²) in [4.78, 5) is 11.7. The second-order valence-electron chi connectivity index (χ2n) is 4.70. The van der Waals surface area contributed by atoms with Crippen molar-refractivity contribution in [1.82, 2.24) is 9.97 Å². The Kier molecular flexibility index (Phi) is 3.52. The molecule has 0 saturated heterocycles. The molecule has 0 aliphatic rings. The molecule has 102 valence electrons. The van der Waals surface area contributed by atoms with E-state index >= 15 is 0 Å². The lowest BCUT2D eigenvalue weighted by molar-refractivity contribution is 0.864. The van der Waals surface area contributed by atoms with E-state index in [9.17, 15) is 0 Å². The third-order valence-electron chi connectivity index (χ3n) is 3.26. The summed E-state index contributed by atoms with van der Waals surface area (Å²) < 4.78 is 0. The maximum absolute atomic E-state index is 5.79. The van der Waals surface area contributed by atoms with Crippen molar-refractivity contribution in [1.29, 1.82) is 0 Å². The minimum atomic E-state index is 0.335. The monoisotopic (exact) mass is 284 g/mol. The molecule has 0 spiro atoms. The highest BCUT2D eigenvalue weighted by atomic mass is 32.1. The minimum Gasteiger partial charge on any atom is -0.368 e. The van der Waals surface area contributed by atoms with Gasteiger partial charge in [0.05, 0.1) is 5.39 Å². The Morgan fingerprint density at radius 1 is 1.15 bits per heavy atom. The van der Waals surface area contributed by atoms with Crippen molar-refractivity contribution in [2.24, 2.45) is 0 Å². The molecule has 0 aliphatic heterocycles. The van der Waals surface area contributed by atoms with E-state index in [0.29, 0.717) is 5.95 Å². The van der Waals surface area contributed by atoms with E-state index in [4.69, 9.17) is 5.73 Å². The Morgan fingerprint density at radius 2 is 1.95 bits per heavy atom. The van der Waals surface area contributed by atoms with Crippen LogP contribution in [0.5, 0.6) is 0 Å². The van der Waals surface area contributed by atoms with Gasteiger partial charge in [0.25, 0.3) is 0 Å². The minimum absolute atomic E-state index is 0.335. The fourth-order valence-corrected chi connectivity index (χ4v) is 2.96. The quantitative estimate of drug-likeness (QED) is 0.800. The van der Waals surface area contributed by atoms with Crippen LogP contribution in [-0.4, -0.2) is 23.6 Å². The second-order valence-corrected chi connectivity index (χ2v) is 5.60. The molecule has 0 fully saturated rings. The molecule has 2 heterocycles. The van der Waals surface area contributed by atoms with Crippen LogP contribution < -0.4 is 10.6 Å². The number of likely N-dealkylation sites (N-methyl/N-ethyl adjacent to an activating group) is 1. The molecule has 0 amide bonds. The Hall–Kier alpha value is -2.14. The van der Waals surface area contributed by atoms with Gasteiger partial charge < -0.3 is 10.6 Å². The van der Waals surface area contributed by atoms with E-state index in [1.165, 1.54) is 5.56 Å². The van der Waals surface area contributed by atoms with Gasteiger partial charge in [-0.2, -0.15) is 4.98 Å². The molecule has 0 saturated carbocycles. The molecule has 4 nitrogen and oxygen atoms in total. The van der Waals surface area contributed by atoms with Crippen LogP contribution in [0.25, 0.3) is 10.2 Å². The molecular weight excluding hydrogens is 268 g/mol. The molecule has 0 radical (unpaired) electrons. The maximum Gasteiger partial charge on any atom is 0.223 e. The number of anilines is 2. The molecule has 3 aromatic rings. The van der Waals surface area contributed by atoms with Gasteiger partial charge in [0.1, 0.15) is 10.6 Å². The van der Waals surface area contributed by atoms with Crippen LogP contribution in [0.2, 0.25) is 0 Å². The van der Waals surface area contributed by atoms with E-state index in [1.54, 1.807) is 11.3 Å². The zero-order valence-corrected chi connectivity index (χ0v) is 12.1. The Balaban J connectivity index is 1.82. The maximum atomic E-state index is 5.79. The first-order chi connectivity index (χ1) is 9.74. The highest BCUT2D eigenvalue weighted by Gasteiger charge is 2.11. The molecule has 5 heteroatoms. The van der Waals surface area contributed by atoms with Gasteiger partial charge in [-0.25, -0.2) is 4.98 Å². The molecular formula is C15H16N4S. The van der Waals surface area contributed by atoms with Crippen LogP contribution >= 0.6 is 11.3 Å². The number of nitrogen functional groups attached to an aromatic ring is 1. The van der Waals surface area contributed by atoms with Crippen LogP contribution in [-0.2, 0) is 6.42 Å². The predicted molar refractivity (Wildman–Crippen MR) is 85.2 cm³/mol. The van der Waals surface area contributed by atoms with Gasteiger partial charge in [0.2, 0.25) is 5.95 Å². The second kappa shape index (κ2) is 5.46. The standard InChI is InChI=1S/C15H16N4S/c1-19(9-7-11-5-3-2-4-6-11)13-12-8-10-20-14(12)18-15(16)17-13/h2-6,8,10H,7,9H2,1H3,(H2,16,17,18). The molecule has 0 bridgehead atoms. The van der Waals surface area contributed by atoms with Crippen molar-refractivity contribution >= 4 is 33.3 Å². The number of benzene rings is 1. The van der Waals surface area contributed by atoms with Crippen LogP contribution in [0.15, 0.2) is 41.8 Å². The summed E-state index contributed by atoms with van der Waals surface area (Å²) in [5.41, 5.74) is 7.11. The SMILES string of the molecule is CN(CCc1ccccc1)c1nc(N)nc2sccc12. The molecule has 2 aromatic heterocycles. The Morgan fingerprint density at radius 3 is 2.75 bits per heavy atom. The number of thiophene rings is 1. The predicted octanol–water partition coefficient (Wildman–Crippen LogP) is 2.95. The number of hydrogen-bond donors (Lipinski definition) is 1. The van der Waals surface area contributed by atoms with E-state index < -0.39 is 0 Å². The summed E-state index contributed by atoms with van der Waals surface area (Å²) in [7, 11) is 2.04. The topological polar surface area (TPSA) is 55.0 Å². The van der Waals surface area contributed by atoms with Gasteiger partial charge in [-0.3, -0.25) is 0 Å². The first-order valence-electron chi connectivity index (χ1n) is 6.50. The first kappa shape index (κ1) is 12.9. The van der Waals surface area contributed by atoms with Gasteiger partial charge in [0.15, 0.2) is 0 Å².